The fourth-order valence-corrected chi connectivity index (χ4v) is 6.64. The van der Waals surface area contributed by atoms with E-state index in [9.17, 15) is 0 Å². The second kappa shape index (κ2) is 14.2. The zero-order chi connectivity index (χ0) is 29.5. The molecule has 0 N–H and O–H groups in total. The van der Waals surface area contributed by atoms with Gasteiger partial charge in [-0.25, -0.2) is 4.31 Å². The molecule has 0 bridgehead atoms. The molecule has 0 radical (unpaired) electrons. The Bertz CT molecular complexity index is 1410. The predicted molar refractivity (Wildman–Crippen MR) is 174 cm³/mol. The second-order valence-corrected chi connectivity index (χ2v) is 12.3. The summed E-state index contributed by atoms with van der Waals surface area (Å²) >= 11 is 8.12. The third-order valence-electron chi connectivity index (χ3n) is 7.61. The monoisotopic (exact) mass is 602 g/mol. The van der Waals surface area contributed by atoms with Crippen LogP contribution in [0.3, 0.4) is 0 Å². The van der Waals surface area contributed by atoms with Crippen LogP contribution in [0.2, 0.25) is 5.02 Å². The highest BCUT2D eigenvalue weighted by Gasteiger charge is 2.25. The Kier molecular flexibility index (Phi) is 10.2. The minimum Gasteiger partial charge on any atom is -0.497 e. The van der Waals surface area contributed by atoms with Crippen molar-refractivity contribution in [3.63, 3.8) is 0 Å². The minimum atomic E-state index is 0.263. The van der Waals surface area contributed by atoms with Crippen molar-refractivity contribution >= 4 is 29.2 Å². The van der Waals surface area contributed by atoms with E-state index >= 15 is 0 Å². The second-order valence-electron chi connectivity index (χ2n) is 10.7. The average molecular weight is 603 g/mol. The molecule has 0 saturated heterocycles. The summed E-state index contributed by atoms with van der Waals surface area (Å²) in [4.78, 5) is 3.50. The number of hydrogen-bond donors (Lipinski definition) is 0. The highest BCUT2D eigenvalue weighted by atomic mass is 35.5. The van der Waals surface area contributed by atoms with Crippen molar-refractivity contribution in [3.8, 4) is 17.2 Å². The summed E-state index contributed by atoms with van der Waals surface area (Å²) in [6.45, 7) is 5.29. The van der Waals surface area contributed by atoms with Crippen LogP contribution >= 0.6 is 23.5 Å². The molecule has 0 saturated carbocycles. The Morgan fingerprint density at radius 1 is 0.881 bits per heavy atom. The van der Waals surface area contributed by atoms with Crippen LogP contribution in [-0.2, 0) is 19.5 Å². The number of nitrogens with zero attached hydrogens (tertiary/aromatic N) is 2. The fourth-order valence-electron chi connectivity index (χ4n) is 5.43. The van der Waals surface area contributed by atoms with Crippen LogP contribution in [0.5, 0.6) is 17.2 Å². The van der Waals surface area contributed by atoms with Gasteiger partial charge in [0.1, 0.15) is 17.2 Å². The Hall–Kier alpha value is -3.32. The van der Waals surface area contributed by atoms with Crippen molar-refractivity contribution in [2.75, 3.05) is 39.3 Å². The number of methoxy groups -OCH3 is 2. The molecule has 5 rings (SSSR count). The van der Waals surface area contributed by atoms with Gasteiger partial charge < -0.3 is 19.1 Å². The average Bonchev–Trinajstić information content (AvgIpc) is 3.16. The maximum atomic E-state index is 6.42. The van der Waals surface area contributed by atoms with E-state index in [2.05, 4.69) is 77.8 Å². The number of fused-ring (bicyclic) bond motifs is 1. The summed E-state index contributed by atoms with van der Waals surface area (Å²) < 4.78 is 19.5. The molecule has 0 aromatic heterocycles. The first-order valence-electron chi connectivity index (χ1n) is 14.4. The van der Waals surface area contributed by atoms with Crippen LogP contribution in [0.4, 0.5) is 5.69 Å². The number of likely N-dealkylation sites (N-methyl/N-ethyl adjacent to an activating group) is 1. The molecule has 1 unspecified atom stereocenters. The lowest BCUT2D eigenvalue weighted by Crippen LogP contribution is -2.25. The quantitative estimate of drug-likeness (QED) is 0.160. The Morgan fingerprint density at radius 2 is 1.52 bits per heavy atom. The van der Waals surface area contributed by atoms with E-state index in [1.807, 2.05) is 30.3 Å². The van der Waals surface area contributed by atoms with Crippen molar-refractivity contribution in [1.82, 2.24) is 4.31 Å². The SMILES string of the molecule is CCCc1cc(Cl)ccc1C1COc2ccc(SN(Cc3ccc(OC)cc3)Cc3ccc(OC)cc3)cc2N(C)C1. The van der Waals surface area contributed by atoms with Crippen LogP contribution in [-0.4, -0.2) is 38.7 Å². The molecule has 1 heterocycles. The maximum Gasteiger partial charge on any atom is 0.142 e. The molecule has 1 aliphatic rings. The van der Waals surface area contributed by atoms with Gasteiger partial charge in [-0.15, -0.1) is 0 Å². The van der Waals surface area contributed by atoms with Crippen LogP contribution in [0, 0.1) is 0 Å². The summed E-state index contributed by atoms with van der Waals surface area (Å²) in [6.07, 6.45) is 2.10. The lowest BCUT2D eigenvalue weighted by atomic mass is 9.92. The molecule has 5 nitrogen and oxygen atoms in total. The zero-order valence-corrected chi connectivity index (χ0v) is 26.4. The van der Waals surface area contributed by atoms with Crippen molar-refractivity contribution in [2.45, 2.75) is 43.7 Å². The lowest BCUT2D eigenvalue weighted by Gasteiger charge is -2.25. The summed E-state index contributed by atoms with van der Waals surface area (Å²) in [5.41, 5.74) is 6.21. The Labute approximate surface area is 259 Å². The number of anilines is 1. The van der Waals surface area contributed by atoms with Gasteiger partial charge in [0.15, 0.2) is 0 Å². The molecule has 0 spiro atoms. The Balaban J connectivity index is 1.36. The topological polar surface area (TPSA) is 34.2 Å². The molecule has 7 heteroatoms. The standard InChI is InChI=1S/C35H39ClN2O3S/c1-5-6-27-19-29(36)11-17-33(27)28-23-37(2)34-20-32(16-18-35(34)41-24-28)42-38(21-25-7-12-30(39-3)13-8-25)22-26-9-14-31(40-4)15-10-26/h7-20,28H,5-6,21-24H2,1-4H3. The molecule has 42 heavy (non-hydrogen) atoms. The van der Waals surface area contributed by atoms with Crippen molar-refractivity contribution in [1.29, 1.82) is 0 Å². The molecule has 4 aromatic carbocycles. The molecule has 0 aliphatic carbocycles. The lowest BCUT2D eigenvalue weighted by molar-refractivity contribution is 0.299. The molecule has 1 aliphatic heterocycles. The van der Waals surface area contributed by atoms with E-state index in [0.717, 1.165) is 60.4 Å². The van der Waals surface area contributed by atoms with Crippen LogP contribution < -0.4 is 19.1 Å². The summed E-state index contributed by atoms with van der Waals surface area (Å²) in [7, 11) is 5.56. The first-order valence-corrected chi connectivity index (χ1v) is 15.6. The van der Waals surface area contributed by atoms with Gasteiger partial charge in [-0.2, -0.15) is 0 Å². The van der Waals surface area contributed by atoms with E-state index in [1.165, 1.54) is 27.1 Å². The molecule has 0 amide bonds. The molecule has 4 aromatic rings. The van der Waals surface area contributed by atoms with Crippen molar-refractivity contribution in [3.05, 3.63) is 112 Å². The van der Waals surface area contributed by atoms with Crippen molar-refractivity contribution < 1.29 is 14.2 Å². The Morgan fingerprint density at radius 3 is 2.12 bits per heavy atom. The van der Waals surface area contributed by atoms with E-state index in [-0.39, 0.29) is 5.92 Å². The molecule has 1 atom stereocenters. The zero-order valence-electron chi connectivity index (χ0n) is 24.8. The summed E-state index contributed by atoms with van der Waals surface area (Å²) in [5, 5.41) is 0.795. The first kappa shape index (κ1) is 30.1. The smallest absolute Gasteiger partial charge is 0.142 e. The normalized spacial score (nSPS) is 14.7. The van der Waals surface area contributed by atoms with Crippen LogP contribution in [0.1, 0.15) is 41.5 Å². The van der Waals surface area contributed by atoms with Gasteiger partial charge in [-0.1, -0.05) is 55.3 Å². The van der Waals surface area contributed by atoms with Gasteiger partial charge in [0, 0.05) is 42.5 Å². The molecular weight excluding hydrogens is 564 g/mol. The van der Waals surface area contributed by atoms with Gasteiger partial charge in [0.2, 0.25) is 0 Å². The van der Waals surface area contributed by atoms with Gasteiger partial charge in [-0.3, -0.25) is 0 Å². The van der Waals surface area contributed by atoms with Crippen molar-refractivity contribution in [2.24, 2.45) is 0 Å². The van der Waals surface area contributed by atoms with E-state index < -0.39 is 0 Å². The fraction of sp³-hybridized carbons (Fsp3) is 0.314. The number of benzene rings is 4. The highest BCUT2D eigenvalue weighted by molar-refractivity contribution is 7.97. The first-order chi connectivity index (χ1) is 20.4. The van der Waals surface area contributed by atoms with Gasteiger partial charge in [-0.05, 0) is 95.2 Å². The summed E-state index contributed by atoms with van der Waals surface area (Å²) in [5.74, 6) is 2.91. The van der Waals surface area contributed by atoms with Crippen LogP contribution in [0.25, 0.3) is 0 Å². The van der Waals surface area contributed by atoms with Gasteiger partial charge >= 0.3 is 0 Å². The van der Waals surface area contributed by atoms with E-state index in [1.54, 1.807) is 26.2 Å². The summed E-state index contributed by atoms with van der Waals surface area (Å²) in [6, 6.07) is 29.4. The number of ether oxygens (including phenoxy) is 3. The number of halogens is 1. The van der Waals surface area contributed by atoms with E-state index in [0.29, 0.717) is 6.61 Å². The van der Waals surface area contributed by atoms with Crippen LogP contribution in [0.15, 0.2) is 89.8 Å². The third kappa shape index (κ3) is 7.54. The number of hydrogen-bond acceptors (Lipinski definition) is 6. The van der Waals surface area contributed by atoms with E-state index in [4.69, 9.17) is 25.8 Å². The molecule has 0 fully saturated rings. The predicted octanol–water partition coefficient (Wildman–Crippen LogP) is 8.63. The minimum absolute atomic E-state index is 0.263. The largest absolute Gasteiger partial charge is 0.497 e. The van der Waals surface area contributed by atoms with Gasteiger partial charge in [0.05, 0.1) is 26.5 Å². The number of rotatable bonds is 11. The maximum absolute atomic E-state index is 6.42. The molecular formula is C35H39ClN2O3S. The van der Waals surface area contributed by atoms with Gasteiger partial charge in [0.25, 0.3) is 0 Å². The molecule has 220 valence electrons. The number of aryl methyl sites for hydroxylation is 1. The highest BCUT2D eigenvalue weighted by Crippen LogP contribution is 2.39. The third-order valence-corrected chi connectivity index (χ3v) is 8.83.